The van der Waals surface area contributed by atoms with Gasteiger partial charge in [-0.05, 0) is 25.7 Å². The maximum absolute atomic E-state index is 5.04. The van der Waals surface area contributed by atoms with E-state index in [0.29, 0.717) is 0 Å². The average Bonchev–Trinajstić information content (AvgIpc) is 2.24. The maximum Gasteiger partial charge on any atom is 0.0496 e. The lowest BCUT2D eigenvalue weighted by Gasteiger charge is -2.05. The molecule has 0 fully saturated rings. The van der Waals surface area contributed by atoms with E-state index >= 15 is 0 Å². The lowest BCUT2D eigenvalue weighted by atomic mass is 10.0. The van der Waals surface area contributed by atoms with Crippen LogP contribution >= 0.6 is 0 Å². The number of ether oxygens (including phenoxy) is 1. The van der Waals surface area contributed by atoms with Crippen molar-refractivity contribution < 1.29 is 4.74 Å². The highest BCUT2D eigenvalue weighted by molar-refractivity contribution is 5.06. The highest BCUT2D eigenvalue weighted by atomic mass is 16.5. The molecule has 0 atom stereocenters. The number of hydrogen-bond acceptors (Lipinski definition) is 1. The molecule has 0 unspecified atom stereocenters. The van der Waals surface area contributed by atoms with Gasteiger partial charge in [0.1, 0.15) is 0 Å². The summed E-state index contributed by atoms with van der Waals surface area (Å²) in [4.78, 5) is 0. The molecule has 0 bridgehead atoms. The Morgan fingerprint density at radius 3 is 2.67 bits per heavy atom. The van der Waals surface area contributed by atoms with Crippen LogP contribution in [0.5, 0.6) is 0 Å². The minimum absolute atomic E-state index is 0.829. The zero-order chi connectivity index (χ0) is 11.4. The van der Waals surface area contributed by atoms with Crippen LogP contribution in [0.3, 0.4) is 0 Å². The predicted molar refractivity (Wildman–Crippen MR) is 68.1 cm³/mol. The molecule has 0 aliphatic rings. The molecule has 0 amide bonds. The van der Waals surface area contributed by atoms with Crippen molar-refractivity contribution in [2.24, 2.45) is 0 Å². The second-order valence-corrected chi connectivity index (χ2v) is 3.95. The van der Waals surface area contributed by atoms with Crippen molar-refractivity contribution in [2.45, 2.75) is 51.9 Å². The molecule has 0 saturated heterocycles. The number of methoxy groups -OCH3 is 1. The third-order valence-corrected chi connectivity index (χ3v) is 2.51. The zero-order valence-electron chi connectivity index (χ0n) is 10.4. The minimum Gasteiger partial charge on any atom is -0.384 e. The molecule has 0 aliphatic heterocycles. The molecule has 15 heavy (non-hydrogen) atoms. The molecule has 88 valence electrons. The van der Waals surface area contributed by atoms with E-state index in [1.807, 2.05) is 6.08 Å². The molecular weight excluding hydrogens is 184 g/mol. The molecule has 0 aromatic carbocycles. The number of unbranched alkanes of at least 4 members (excludes halogenated alkanes) is 3. The lowest BCUT2D eigenvalue weighted by molar-refractivity contribution is 0.204. The smallest absolute Gasteiger partial charge is 0.0496 e. The van der Waals surface area contributed by atoms with Crippen molar-refractivity contribution in [3.8, 4) is 0 Å². The van der Waals surface area contributed by atoms with E-state index in [4.69, 9.17) is 4.74 Å². The average molecular weight is 210 g/mol. The summed E-state index contributed by atoms with van der Waals surface area (Å²) in [7, 11) is 1.75. The molecule has 0 aromatic heterocycles. The first kappa shape index (κ1) is 14.4. The minimum atomic E-state index is 0.829. The van der Waals surface area contributed by atoms with Gasteiger partial charge in [-0.25, -0.2) is 0 Å². The molecule has 0 radical (unpaired) electrons. The monoisotopic (exact) mass is 210 g/mol. The van der Waals surface area contributed by atoms with E-state index in [1.54, 1.807) is 7.11 Å². The normalized spacial score (nSPS) is 11.7. The Morgan fingerprint density at radius 2 is 2.07 bits per heavy atom. The van der Waals surface area contributed by atoms with Crippen LogP contribution in [0.1, 0.15) is 51.9 Å². The molecule has 0 saturated carbocycles. The van der Waals surface area contributed by atoms with Gasteiger partial charge in [0.05, 0.1) is 0 Å². The van der Waals surface area contributed by atoms with Crippen LogP contribution in [-0.4, -0.2) is 13.7 Å². The Bertz CT molecular complexity index is 170. The first-order chi connectivity index (χ1) is 7.35. The standard InChI is InChI=1S/C14H26O/c1-4-6-7-8-11-14(10-5-2)12-9-13-15-3/h5,12H,2,4,6-11,13H2,1,3H3/b14-12-. The van der Waals surface area contributed by atoms with E-state index < -0.39 is 0 Å². The summed E-state index contributed by atoms with van der Waals surface area (Å²) in [5.74, 6) is 0. The predicted octanol–water partition coefficient (Wildman–Crippen LogP) is 4.50. The van der Waals surface area contributed by atoms with Crippen LogP contribution in [0.2, 0.25) is 0 Å². The fraction of sp³-hybridized carbons (Fsp3) is 0.714. The van der Waals surface area contributed by atoms with Gasteiger partial charge in [-0.15, -0.1) is 6.58 Å². The van der Waals surface area contributed by atoms with Crippen LogP contribution in [0.4, 0.5) is 0 Å². The van der Waals surface area contributed by atoms with Crippen molar-refractivity contribution in [2.75, 3.05) is 13.7 Å². The van der Waals surface area contributed by atoms with E-state index in [1.165, 1.54) is 37.7 Å². The summed E-state index contributed by atoms with van der Waals surface area (Å²) in [5.41, 5.74) is 1.53. The van der Waals surface area contributed by atoms with E-state index in [0.717, 1.165) is 19.4 Å². The van der Waals surface area contributed by atoms with Gasteiger partial charge in [0, 0.05) is 13.7 Å². The summed E-state index contributed by atoms with van der Waals surface area (Å²) in [6, 6.07) is 0. The quantitative estimate of drug-likeness (QED) is 0.381. The molecule has 0 rings (SSSR count). The van der Waals surface area contributed by atoms with Gasteiger partial charge in [-0.2, -0.15) is 0 Å². The summed E-state index contributed by atoms with van der Waals surface area (Å²) in [6.07, 6.45) is 13.0. The van der Waals surface area contributed by atoms with Crippen molar-refractivity contribution in [1.82, 2.24) is 0 Å². The summed E-state index contributed by atoms with van der Waals surface area (Å²) in [6.45, 7) is 6.88. The first-order valence-electron chi connectivity index (χ1n) is 6.12. The van der Waals surface area contributed by atoms with Crippen LogP contribution in [-0.2, 0) is 4.74 Å². The molecular formula is C14H26O. The molecule has 1 heteroatoms. The fourth-order valence-corrected chi connectivity index (χ4v) is 1.63. The molecule has 0 heterocycles. The molecule has 1 nitrogen and oxygen atoms in total. The van der Waals surface area contributed by atoms with Crippen LogP contribution < -0.4 is 0 Å². The summed E-state index contributed by atoms with van der Waals surface area (Å²) >= 11 is 0. The number of allylic oxidation sites excluding steroid dienone is 2. The third kappa shape index (κ3) is 9.74. The Morgan fingerprint density at radius 1 is 1.27 bits per heavy atom. The molecule has 0 spiro atoms. The highest BCUT2D eigenvalue weighted by Gasteiger charge is 1.95. The number of rotatable bonds is 10. The van der Waals surface area contributed by atoms with Crippen molar-refractivity contribution in [1.29, 1.82) is 0 Å². The number of hydrogen-bond donors (Lipinski definition) is 0. The molecule has 0 N–H and O–H groups in total. The highest BCUT2D eigenvalue weighted by Crippen LogP contribution is 2.14. The van der Waals surface area contributed by atoms with Crippen molar-refractivity contribution in [3.05, 3.63) is 24.3 Å². The first-order valence-corrected chi connectivity index (χ1v) is 6.12. The van der Waals surface area contributed by atoms with Gasteiger partial charge in [0.2, 0.25) is 0 Å². The van der Waals surface area contributed by atoms with E-state index in [9.17, 15) is 0 Å². The Hall–Kier alpha value is -0.560. The van der Waals surface area contributed by atoms with Crippen LogP contribution in [0, 0.1) is 0 Å². The summed E-state index contributed by atoms with van der Waals surface area (Å²) < 4.78 is 5.04. The van der Waals surface area contributed by atoms with Crippen LogP contribution in [0.15, 0.2) is 24.3 Å². The Kier molecular flexibility index (Phi) is 11.1. The fourth-order valence-electron chi connectivity index (χ4n) is 1.63. The zero-order valence-corrected chi connectivity index (χ0v) is 10.4. The van der Waals surface area contributed by atoms with Crippen LogP contribution in [0.25, 0.3) is 0 Å². The van der Waals surface area contributed by atoms with Crippen molar-refractivity contribution >= 4 is 0 Å². The van der Waals surface area contributed by atoms with Gasteiger partial charge < -0.3 is 4.74 Å². The van der Waals surface area contributed by atoms with Gasteiger partial charge in [-0.1, -0.05) is 43.9 Å². The van der Waals surface area contributed by atoms with Gasteiger partial charge in [0.25, 0.3) is 0 Å². The van der Waals surface area contributed by atoms with Gasteiger partial charge in [-0.3, -0.25) is 0 Å². The summed E-state index contributed by atoms with van der Waals surface area (Å²) in [5, 5.41) is 0. The lowest BCUT2D eigenvalue weighted by Crippen LogP contribution is -1.89. The Balaban J connectivity index is 3.71. The molecule has 0 aromatic rings. The van der Waals surface area contributed by atoms with Crippen molar-refractivity contribution in [3.63, 3.8) is 0 Å². The second kappa shape index (κ2) is 11.5. The van der Waals surface area contributed by atoms with E-state index in [-0.39, 0.29) is 0 Å². The third-order valence-electron chi connectivity index (χ3n) is 2.51. The van der Waals surface area contributed by atoms with Gasteiger partial charge >= 0.3 is 0 Å². The molecule has 0 aliphatic carbocycles. The largest absolute Gasteiger partial charge is 0.384 e. The second-order valence-electron chi connectivity index (χ2n) is 3.95. The van der Waals surface area contributed by atoms with E-state index in [2.05, 4.69) is 19.6 Å². The Labute approximate surface area is 95.2 Å². The topological polar surface area (TPSA) is 9.23 Å². The van der Waals surface area contributed by atoms with Gasteiger partial charge in [0.15, 0.2) is 0 Å². The maximum atomic E-state index is 5.04. The SMILES string of the molecule is C=CC/C(=C/CCOC)CCCCCC.